The van der Waals surface area contributed by atoms with Crippen LogP contribution in [-0.2, 0) is 0 Å². The van der Waals surface area contributed by atoms with E-state index in [1.54, 1.807) is 0 Å². The van der Waals surface area contributed by atoms with Crippen molar-refractivity contribution in [3.63, 3.8) is 0 Å². The molecular formula is C21H43N3O. The Hall–Kier alpha value is -0.870. The highest BCUT2D eigenvalue weighted by molar-refractivity contribution is 5.56. The summed E-state index contributed by atoms with van der Waals surface area (Å²) < 4.78 is 0. The summed E-state index contributed by atoms with van der Waals surface area (Å²) in [6.07, 6.45) is 26.2. The minimum absolute atomic E-state index is 1.01. The van der Waals surface area contributed by atoms with Crippen molar-refractivity contribution in [1.29, 1.82) is 0 Å². The van der Waals surface area contributed by atoms with Gasteiger partial charge in [0, 0.05) is 13.1 Å². The molecule has 1 aliphatic heterocycles. The fraction of sp³-hybridized carbons (Fsp3) is 0.857. The Morgan fingerprint density at radius 3 is 1.88 bits per heavy atom. The molecule has 0 unspecified atom stereocenters. The van der Waals surface area contributed by atoms with Gasteiger partial charge in [0.15, 0.2) is 0 Å². The monoisotopic (exact) mass is 353 g/mol. The standard InChI is InChI=1S/C21H40N2.H3NO/c1-2-3-4-5-6-7-8-9-10-11-12-13-14-15-16-17-19-23-20-18-22-21-23;1-2/h9-10,21H,2-8,11-20H2,1H3;1H3/b10-9-;. The zero-order valence-corrected chi connectivity index (χ0v) is 16.8. The summed E-state index contributed by atoms with van der Waals surface area (Å²) in [4.78, 5) is 6.61. The van der Waals surface area contributed by atoms with Crippen LogP contribution in [0.4, 0.5) is 0 Å². The lowest BCUT2D eigenvalue weighted by Gasteiger charge is -2.12. The van der Waals surface area contributed by atoms with Crippen LogP contribution in [-0.4, -0.2) is 30.9 Å². The van der Waals surface area contributed by atoms with Crippen molar-refractivity contribution in [1.82, 2.24) is 4.90 Å². The fourth-order valence-corrected chi connectivity index (χ4v) is 3.15. The number of nitrogens with zero attached hydrogens (tertiary/aromatic N) is 2. The van der Waals surface area contributed by atoms with Crippen LogP contribution < -0.4 is 5.90 Å². The summed E-state index contributed by atoms with van der Waals surface area (Å²) in [7, 11) is 0. The summed E-state index contributed by atoms with van der Waals surface area (Å²) in [6.45, 7) is 5.65. The molecule has 0 radical (unpaired) electrons. The maximum atomic E-state index is 8.00. The van der Waals surface area contributed by atoms with Crippen LogP contribution >= 0.6 is 0 Å². The summed E-state index contributed by atoms with van der Waals surface area (Å²) in [5, 5.41) is 8.00. The van der Waals surface area contributed by atoms with E-state index in [9.17, 15) is 0 Å². The quantitative estimate of drug-likeness (QED) is 0.238. The van der Waals surface area contributed by atoms with Gasteiger partial charge in [-0.3, -0.25) is 4.99 Å². The molecule has 0 aliphatic carbocycles. The largest absolute Gasteiger partial charge is 0.637 e. The molecule has 25 heavy (non-hydrogen) atoms. The third-order valence-electron chi connectivity index (χ3n) is 4.72. The Morgan fingerprint density at radius 2 is 1.36 bits per heavy atom. The number of aliphatic imine (C=N–C) groups is 1. The minimum atomic E-state index is 1.01. The topological polar surface area (TPSA) is 66.3 Å². The van der Waals surface area contributed by atoms with E-state index in [0.29, 0.717) is 0 Å². The van der Waals surface area contributed by atoms with Crippen LogP contribution in [0.2, 0.25) is 0 Å². The van der Waals surface area contributed by atoms with E-state index >= 15 is 0 Å². The van der Waals surface area contributed by atoms with Gasteiger partial charge in [0.25, 0.3) is 0 Å². The molecule has 0 saturated carbocycles. The highest BCUT2D eigenvalue weighted by Crippen LogP contribution is 2.10. The number of rotatable bonds is 16. The van der Waals surface area contributed by atoms with Crippen molar-refractivity contribution in [3.05, 3.63) is 17.4 Å². The molecule has 0 amide bonds. The van der Waals surface area contributed by atoms with Gasteiger partial charge in [-0.1, -0.05) is 76.9 Å². The predicted molar refractivity (Wildman–Crippen MR) is 111 cm³/mol. The van der Waals surface area contributed by atoms with E-state index in [1.807, 2.05) is 12.2 Å². The lowest BCUT2D eigenvalue weighted by Crippen LogP contribution is -2.37. The van der Waals surface area contributed by atoms with E-state index in [1.165, 1.54) is 96.4 Å². The van der Waals surface area contributed by atoms with Crippen molar-refractivity contribution in [2.45, 2.75) is 96.8 Å². The zero-order valence-electron chi connectivity index (χ0n) is 16.8. The molecule has 148 valence electrons. The van der Waals surface area contributed by atoms with Crippen LogP contribution in [0.25, 0.3) is 0 Å². The van der Waals surface area contributed by atoms with Crippen molar-refractivity contribution in [3.8, 4) is 0 Å². The van der Waals surface area contributed by atoms with E-state index in [2.05, 4.69) is 29.0 Å². The van der Waals surface area contributed by atoms with Gasteiger partial charge in [0.1, 0.15) is 0 Å². The Labute approximate surface area is 156 Å². The van der Waals surface area contributed by atoms with E-state index in [-0.39, 0.29) is 0 Å². The fourth-order valence-electron chi connectivity index (χ4n) is 3.15. The second-order valence-corrected chi connectivity index (χ2v) is 7.00. The smallest absolute Gasteiger partial charge is 0.0851 e. The second kappa shape index (κ2) is 21.2. The van der Waals surface area contributed by atoms with Gasteiger partial charge in [-0.25, -0.2) is 0 Å². The number of allylic oxidation sites excluding steroid dienone is 2. The number of unbranched alkanes of at least 4 members (excludes halogenated alkanes) is 12. The van der Waals surface area contributed by atoms with E-state index in [4.69, 9.17) is 5.21 Å². The number of hydrogen-bond acceptors (Lipinski definition) is 3. The Bertz CT molecular complexity index is 306. The third-order valence-corrected chi connectivity index (χ3v) is 4.72. The summed E-state index contributed by atoms with van der Waals surface area (Å²) in [6, 6.07) is 0. The van der Waals surface area contributed by atoms with Gasteiger partial charge in [0.2, 0.25) is 0 Å². The molecule has 1 aliphatic rings. The van der Waals surface area contributed by atoms with Crippen LogP contribution in [0, 0.1) is 5.21 Å². The maximum absolute atomic E-state index is 8.00. The Balaban J connectivity index is 0.00000277. The van der Waals surface area contributed by atoms with Gasteiger partial charge in [0.05, 0.1) is 12.9 Å². The molecule has 4 nitrogen and oxygen atoms in total. The van der Waals surface area contributed by atoms with Crippen molar-refractivity contribution in [2.75, 3.05) is 19.6 Å². The molecular weight excluding hydrogens is 310 g/mol. The van der Waals surface area contributed by atoms with Crippen molar-refractivity contribution >= 4 is 6.34 Å². The van der Waals surface area contributed by atoms with E-state index in [0.717, 1.165) is 13.1 Å². The lowest BCUT2D eigenvalue weighted by atomic mass is 10.1. The van der Waals surface area contributed by atoms with Crippen LogP contribution in [0.5, 0.6) is 0 Å². The van der Waals surface area contributed by atoms with Gasteiger partial charge >= 0.3 is 0 Å². The molecule has 3 N–H and O–H groups in total. The highest BCUT2D eigenvalue weighted by Gasteiger charge is 2.03. The normalized spacial score (nSPS) is 13.5. The summed E-state index contributed by atoms with van der Waals surface area (Å²) >= 11 is 0. The van der Waals surface area contributed by atoms with Crippen LogP contribution in [0.15, 0.2) is 17.1 Å². The molecule has 0 fully saturated rings. The first kappa shape index (κ1) is 24.1. The van der Waals surface area contributed by atoms with Crippen LogP contribution in [0.1, 0.15) is 96.8 Å². The number of hydrogen-bond donors (Lipinski definition) is 1. The third kappa shape index (κ3) is 17.7. The van der Waals surface area contributed by atoms with Crippen LogP contribution in [0.3, 0.4) is 0 Å². The molecule has 0 saturated heterocycles. The number of quaternary nitrogens is 1. The first-order valence-corrected chi connectivity index (χ1v) is 10.6. The van der Waals surface area contributed by atoms with E-state index < -0.39 is 0 Å². The molecule has 0 aromatic heterocycles. The van der Waals surface area contributed by atoms with Gasteiger partial charge in [-0.2, -0.15) is 0 Å². The second-order valence-electron chi connectivity index (χ2n) is 7.00. The first-order valence-electron chi connectivity index (χ1n) is 10.6. The average molecular weight is 354 g/mol. The Kier molecular flexibility index (Phi) is 20.4. The predicted octanol–water partition coefficient (Wildman–Crippen LogP) is 5.09. The molecule has 1 heterocycles. The molecule has 1 rings (SSSR count). The molecule has 0 aromatic rings. The van der Waals surface area contributed by atoms with Gasteiger partial charge in [-0.15, -0.1) is 0 Å². The SMILES string of the molecule is CCCCCCCC/C=C\CCCCCCCCN1C=NCC1.[NH3+][O-]. The molecule has 4 heteroatoms. The van der Waals surface area contributed by atoms with Crippen molar-refractivity contribution in [2.24, 2.45) is 4.99 Å². The maximum Gasteiger partial charge on any atom is 0.0851 e. The molecule has 0 atom stereocenters. The first-order chi connectivity index (χ1) is 12.4. The summed E-state index contributed by atoms with van der Waals surface area (Å²) in [5.74, 6) is 2.00. The Morgan fingerprint density at radius 1 is 0.840 bits per heavy atom. The molecule has 0 bridgehead atoms. The minimum Gasteiger partial charge on any atom is -0.637 e. The average Bonchev–Trinajstić information content (AvgIpc) is 3.16. The molecule has 0 aromatic carbocycles. The molecule has 0 spiro atoms. The lowest BCUT2D eigenvalue weighted by molar-refractivity contribution is -0.275. The zero-order chi connectivity index (χ0) is 18.4. The highest BCUT2D eigenvalue weighted by atomic mass is 16.4. The summed E-state index contributed by atoms with van der Waals surface area (Å²) in [5.41, 5.74) is 0. The van der Waals surface area contributed by atoms with Crippen molar-refractivity contribution < 1.29 is 5.90 Å². The van der Waals surface area contributed by atoms with Gasteiger partial charge in [-0.05, 0) is 32.1 Å². The van der Waals surface area contributed by atoms with Gasteiger partial charge < -0.3 is 16.0 Å².